The third-order valence-electron chi connectivity index (χ3n) is 2.48. The Kier molecular flexibility index (Phi) is 2.63. The van der Waals surface area contributed by atoms with Crippen molar-refractivity contribution < 1.29 is 5.11 Å². The predicted octanol–water partition coefficient (Wildman–Crippen LogP) is 1.13. The zero-order chi connectivity index (χ0) is 9.97. The summed E-state index contributed by atoms with van der Waals surface area (Å²) in [6.45, 7) is 3.78. The summed E-state index contributed by atoms with van der Waals surface area (Å²) in [6, 6.07) is 1.75. The van der Waals surface area contributed by atoms with Crippen LogP contribution in [0, 0.1) is 0 Å². The minimum atomic E-state index is -0.514. The molecule has 1 aromatic heterocycles. The van der Waals surface area contributed by atoms with Crippen molar-refractivity contribution in [1.29, 1.82) is 0 Å². The molecule has 2 rings (SSSR count). The fourth-order valence-corrected chi connectivity index (χ4v) is 1.66. The van der Waals surface area contributed by atoms with Crippen molar-refractivity contribution in [2.45, 2.75) is 25.9 Å². The number of aromatic nitrogens is 2. The molecule has 1 atom stereocenters. The van der Waals surface area contributed by atoms with Crippen LogP contribution in [-0.2, 0) is 0 Å². The highest BCUT2D eigenvalue weighted by atomic mass is 16.3. The lowest BCUT2D eigenvalue weighted by molar-refractivity contribution is 0.194. The lowest BCUT2D eigenvalue weighted by atomic mass is 10.3. The molecule has 1 unspecified atom stereocenters. The molecular formula is C10H15N3O. The molecule has 1 fully saturated rings. The van der Waals surface area contributed by atoms with Gasteiger partial charge in [0, 0.05) is 19.3 Å². The molecule has 2 heterocycles. The van der Waals surface area contributed by atoms with Gasteiger partial charge in [-0.2, -0.15) is 0 Å². The van der Waals surface area contributed by atoms with Crippen LogP contribution in [-0.4, -0.2) is 28.2 Å². The Hall–Kier alpha value is -1.16. The van der Waals surface area contributed by atoms with Crippen molar-refractivity contribution in [3.05, 3.63) is 18.0 Å². The molecule has 0 spiro atoms. The maximum absolute atomic E-state index is 9.38. The lowest BCUT2D eigenvalue weighted by Gasteiger charge is -2.15. The summed E-state index contributed by atoms with van der Waals surface area (Å²) < 4.78 is 0. The van der Waals surface area contributed by atoms with Crippen molar-refractivity contribution in [1.82, 2.24) is 9.97 Å². The van der Waals surface area contributed by atoms with Gasteiger partial charge in [0.15, 0.2) is 0 Å². The van der Waals surface area contributed by atoms with E-state index in [1.165, 1.54) is 12.8 Å². The van der Waals surface area contributed by atoms with E-state index in [1.807, 2.05) is 0 Å². The van der Waals surface area contributed by atoms with Crippen molar-refractivity contribution in [2.24, 2.45) is 0 Å². The summed E-state index contributed by atoms with van der Waals surface area (Å²) in [7, 11) is 0. The van der Waals surface area contributed by atoms with E-state index >= 15 is 0 Å². The van der Waals surface area contributed by atoms with Crippen LogP contribution in [0.2, 0.25) is 0 Å². The number of aliphatic hydroxyl groups is 1. The van der Waals surface area contributed by atoms with E-state index in [2.05, 4.69) is 14.9 Å². The molecule has 0 amide bonds. The van der Waals surface area contributed by atoms with Crippen LogP contribution < -0.4 is 4.90 Å². The smallest absolute Gasteiger partial charge is 0.225 e. The minimum Gasteiger partial charge on any atom is -0.387 e. The Bertz CT molecular complexity index is 308. The van der Waals surface area contributed by atoms with E-state index in [1.54, 1.807) is 19.2 Å². The first-order chi connectivity index (χ1) is 6.77. The van der Waals surface area contributed by atoms with Gasteiger partial charge in [0.25, 0.3) is 0 Å². The Morgan fingerprint density at radius 3 is 2.79 bits per heavy atom. The normalized spacial score (nSPS) is 18.6. The number of hydrogen-bond donors (Lipinski definition) is 1. The van der Waals surface area contributed by atoms with Crippen LogP contribution in [0.4, 0.5) is 5.95 Å². The third-order valence-corrected chi connectivity index (χ3v) is 2.48. The Labute approximate surface area is 83.6 Å². The van der Waals surface area contributed by atoms with Crippen LogP contribution in [0.1, 0.15) is 31.6 Å². The number of rotatable bonds is 2. The average molecular weight is 193 g/mol. The Morgan fingerprint density at radius 1 is 1.43 bits per heavy atom. The SMILES string of the molecule is CC(O)c1ccnc(N2CCCC2)n1. The van der Waals surface area contributed by atoms with Gasteiger partial charge in [0.1, 0.15) is 0 Å². The van der Waals surface area contributed by atoms with Gasteiger partial charge in [-0.3, -0.25) is 0 Å². The van der Waals surface area contributed by atoms with Gasteiger partial charge >= 0.3 is 0 Å². The van der Waals surface area contributed by atoms with Crippen LogP contribution in [0.3, 0.4) is 0 Å². The van der Waals surface area contributed by atoms with Gasteiger partial charge in [-0.1, -0.05) is 0 Å². The van der Waals surface area contributed by atoms with Crippen molar-refractivity contribution in [2.75, 3.05) is 18.0 Å². The highest BCUT2D eigenvalue weighted by Gasteiger charge is 2.15. The molecule has 1 aliphatic rings. The number of nitrogens with zero attached hydrogens (tertiary/aromatic N) is 3. The molecule has 1 aromatic rings. The van der Waals surface area contributed by atoms with E-state index in [0.717, 1.165) is 19.0 Å². The number of anilines is 1. The zero-order valence-corrected chi connectivity index (χ0v) is 8.35. The number of aliphatic hydroxyl groups excluding tert-OH is 1. The maximum atomic E-state index is 9.38. The first kappa shape index (κ1) is 9.40. The molecule has 0 saturated carbocycles. The summed E-state index contributed by atoms with van der Waals surface area (Å²) in [5, 5.41) is 9.38. The Balaban J connectivity index is 2.21. The highest BCUT2D eigenvalue weighted by molar-refractivity contribution is 5.31. The summed E-state index contributed by atoms with van der Waals surface area (Å²) >= 11 is 0. The molecule has 0 bridgehead atoms. The van der Waals surface area contributed by atoms with Gasteiger partial charge in [-0.15, -0.1) is 0 Å². The maximum Gasteiger partial charge on any atom is 0.225 e. The van der Waals surface area contributed by atoms with E-state index < -0.39 is 6.10 Å². The van der Waals surface area contributed by atoms with Gasteiger partial charge in [0.05, 0.1) is 11.8 Å². The van der Waals surface area contributed by atoms with Gasteiger partial charge < -0.3 is 10.0 Å². The first-order valence-corrected chi connectivity index (χ1v) is 5.03. The number of hydrogen-bond acceptors (Lipinski definition) is 4. The predicted molar refractivity (Wildman–Crippen MR) is 54.1 cm³/mol. The van der Waals surface area contributed by atoms with Crippen molar-refractivity contribution in [3.63, 3.8) is 0 Å². The highest BCUT2D eigenvalue weighted by Crippen LogP contribution is 2.17. The standard InChI is InChI=1S/C10H15N3O/c1-8(14)9-4-5-11-10(12-9)13-6-2-3-7-13/h4-5,8,14H,2-3,6-7H2,1H3. The van der Waals surface area contributed by atoms with Crippen LogP contribution >= 0.6 is 0 Å². The second kappa shape index (κ2) is 3.92. The van der Waals surface area contributed by atoms with Crippen molar-refractivity contribution in [3.8, 4) is 0 Å². The summed E-state index contributed by atoms with van der Waals surface area (Å²) in [4.78, 5) is 10.7. The molecule has 0 aliphatic carbocycles. The second-order valence-corrected chi connectivity index (χ2v) is 3.65. The van der Waals surface area contributed by atoms with Crippen LogP contribution in [0.25, 0.3) is 0 Å². The summed E-state index contributed by atoms with van der Waals surface area (Å²) in [6.07, 6.45) is 3.62. The van der Waals surface area contributed by atoms with Crippen LogP contribution in [0.15, 0.2) is 12.3 Å². The van der Waals surface area contributed by atoms with Crippen molar-refractivity contribution >= 4 is 5.95 Å². The summed E-state index contributed by atoms with van der Waals surface area (Å²) in [5.74, 6) is 0.751. The molecular weight excluding hydrogens is 178 g/mol. The molecule has 1 N–H and O–H groups in total. The lowest BCUT2D eigenvalue weighted by Crippen LogP contribution is -2.20. The molecule has 1 saturated heterocycles. The topological polar surface area (TPSA) is 49.3 Å². The molecule has 4 heteroatoms. The average Bonchev–Trinajstić information content (AvgIpc) is 2.71. The van der Waals surface area contributed by atoms with Gasteiger partial charge in [0.2, 0.25) is 5.95 Å². The second-order valence-electron chi connectivity index (χ2n) is 3.65. The fraction of sp³-hybridized carbons (Fsp3) is 0.600. The van der Waals surface area contributed by atoms with Gasteiger partial charge in [-0.05, 0) is 25.8 Å². The minimum absolute atomic E-state index is 0.514. The van der Waals surface area contributed by atoms with Gasteiger partial charge in [-0.25, -0.2) is 9.97 Å². The molecule has 1 aliphatic heterocycles. The van der Waals surface area contributed by atoms with E-state index in [0.29, 0.717) is 5.69 Å². The third kappa shape index (κ3) is 1.85. The Morgan fingerprint density at radius 2 is 2.14 bits per heavy atom. The molecule has 76 valence electrons. The van der Waals surface area contributed by atoms with E-state index in [4.69, 9.17) is 0 Å². The first-order valence-electron chi connectivity index (χ1n) is 5.03. The van der Waals surface area contributed by atoms with E-state index in [9.17, 15) is 5.11 Å². The molecule has 0 aromatic carbocycles. The molecule has 4 nitrogen and oxygen atoms in total. The molecule has 0 radical (unpaired) electrons. The monoisotopic (exact) mass is 193 g/mol. The zero-order valence-electron chi connectivity index (χ0n) is 8.35. The largest absolute Gasteiger partial charge is 0.387 e. The molecule has 14 heavy (non-hydrogen) atoms. The van der Waals surface area contributed by atoms with E-state index in [-0.39, 0.29) is 0 Å². The van der Waals surface area contributed by atoms with Crippen LogP contribution in [0.5, 0.6) is 0 Å². The fourth-order valence-electron chi connectivity index (χ4n) is 1.66. The summed E-state index contributed by atoms with van der Waals surface area (Å²) in [5.41, 5.74) is 0.696. The quantitative estimate of drug-likeness (QED) is 0.765.